The third kappa shape index (κ3) is 4.78. The number of ether oxygens (including phenoxy) is 1. The first-order chi connectivity index (χ1) is 13.5. The van der Waals surface area contributed by atoms with Gasteiger partial charge in [-0.3, -0.25) is 9.63 Å². The summed E-state index contributed by atoms with van der Waals surface area (Å²) >= 11 is 7.25. The van der Waals surface area contributed by atoms with E-state index in [4.69, 9.17) is 21.2 Å². The molecule has 158 valence electrons. The molecule has 0 aliphatic heterocycles. The molecular formula is C18H21ClN2O6S2. The zero-order valence-corrected chi connectivity index (χ0v) is 18.9. The number of sulfonamides is 1. The van der Waals surface area contributed by atoms with Crippen molar-refractivity contribution >= 4 is 49.8 Å². The number of anilines is 1. The van der Waals surface area contributed by atoms with Crippen molar-refractivity contribution in [2.24, 2.45) is 0 Å². The summed E-state index contributed by atoms with van der Waals surface area (Å²) in [6.45, 7) is 5.48. The second-order valence-electron chi connectivity index (χ2n) is 5.90. The molecular weight excluding hydrogens is 440 g/mol. The lowest BCUT2D eigenvalue weighted by atomic mass is 10.1. The van der Waals surface area contributed by atoms with Crippen molar-refractivity contribution < 1.29 is 27.6 Å². The van der Waals surface area contributed by atoms with Gasteiger partial charge in [-0.2, -0.15) is 0 Å². The van der Waals surface area contributed by atoms with Crippen molar-refractivity contribution in [3.05, 3.63) is 44.8 Å². The maximum atomic E-state index is 12.8. The topological polar surface area (TPSA) is 102 Å². The highest BCUT2D eigenvalue weighted by molar-refractivity contribution is 7.89. The molecule has 0 spiro atoms. The number of esters is 1. The smallest absolute Gasteiger partial charge is 0.341 e. The van der Waals surface area contributed by atoms with Gasteiger partial charge in [0.25, 0.3) is 15.9 Å². The van der Waals surface area contributed by atoms with Gasteiger partial charge in [-0.15, -0.1) is 11.3 Å². The van der Waals surface area contributed by atoms with E-state index in [-0.39, 0.29) is 27.7 Å². The number of hydroxylamine groups is 1. The number of carbonyl (C=O) groups excluding carboxylic acids is 2. The summed E-state index contributed by atoms with van der Waals surface area (Å²) < 4.78 is 30.7. The minimum Gasteiger partial charge on any atom is -0.462 e. The van der Waals surface area contributed by atoms with Crippen molar-refractivity contribution in [3.63, 3.8) is 0 Å². The quantitative estimate of drug-likeness (QED) is 0.500. The van der Waals surface area contributed by atoms with Crippen LogP contribution < -0.4 is 5.32 Å². The molecule has 0 aliphatic carbocycles. The molecule has 1 amide bonds. The van der Waals surface area contributed by atoms with Gasteiger partial charge in [0.15, 0.2) is 0 Å². The van der Waals surface area contributed by atoms with Crippen LogP contribution in [0.25, 0.3) is 0 Å². The molecule has 2 rings (SSSR count). The van der Waals surface area contributed by atoms with Gasteiger partial charge < -0.3 is 10.1 Å². The van der Waals surface area contributed by atoms with Gasteiger partial charge >= 0.3 is 5.97 Å². The number of nitrogens with one attached hydrogen (secondary N) is 1. The van der Waals surface area contributed by atoms with Gasteiger partial charge in [0.1, 0.15) is 9.90 Å². The molecule has 2 aromatic rings. The van der Waals surface area contributed by atoms with Crippen LogP contribution in [0.1, 0.15) is 38.1 Å². The first-order valence-electron chi connectivity index (χ1n) is 8.45. The summed E-state index contributed by atoms with van der Waals surface area (Å²) in [5.74, 6) is -1.13. The Kier molecular flexibility index (Phi) is 7.41. The van der Waals surface area contributed by atoms with E-state index in [1.54, 1.807) is 13.8 Å². The standard InChI is InChI=1S/C18H21ClN2O6S2/c1-6-27-18(23)15-10(2)11(3)28-17(15)20-16(22)12-7-8-13(19)14(9-12)29(24,25)21(4)26-5/h7-9H,6H2,1-5H3,(H,20,22). The summed E-state index contributed by atoms with van der Waals surface area (Å²) in [6.07, 6.45) is 0. The Hall–Kier alpha value is -1.98. The molecule has 0 saturated heterocycles. The molecule has 0 saturated carbocycles. The molecule has 0 bridgehead atoms. The average Bonchev–Trinajstić information content (AvgIpc) is 2.94. The van der Waals surface area contributed by atoms with Crippen molar-refractivity contribution in [1.29, 1.82) is 0 Å². The maximum Gasteiger partial charge on any atom is 0.341 e. The first kappa shape index (κ1) is 23.3. The van der Waals surface area contributed by atoms with Crippen LogP contribution in [-0.2, 0) is 19.6 Å². The molecule has 1 aromatic carbocycles. The maximum absolute atomic E-state index is 12.8. The number of amides is 1. The van der Waals surface area contributed by atoms with Crippen molar-refractivity contribution in [2.75, 3.05) is 26.1 Å². The SMILES string of the molecule is CCOC(=O)c1c(NC(=O)c2ccc(Cl)c(S(=O)(=O)N(C)OC)c2)sc(C)c1C. The Morgan fingerprint density at radius 3 is 2.52 bits per heavy atom. The fraction of sp³-hybridized carbons (Fsp3) is 0.333. The summed E-state index contributed by atoms with van der Waals surface area (Å²) in [7, 11) is -1.65. The average molecular weight is 461 g/mol. The highest BCUT2D eigenvalue weighted by Crippen LogP contribution is 2.34. The lowest BCUT2D eigenvalue weighted by molar-refractivity contribution is -0.0258. The summed E-state index contributed by atoms with van der Waals surface area (Å²) in [6, 6.07) is 3.85. The van der Waals surface area contributed by atoms with Gasteiger partial charge in [0, 0.05) is 17.5 Å². The first-order valence-corrected chi connectivity index (χ1v) is 11.1. The van der Waals surface area contributed by atoms with Crippen LogP contribution in [0.5, 0.6) is 0 Å². The molecule has 0 atom stereocenters. The Morgan fingerprint density at radius 2 is 1.93 bits per heavy atom. The third-order valence-electron chi connectivity index (χ3n) is 4.16. The Bertz CT molecular complexity index is 1050. The second-order valence-corrected chi connectivity index (χ2v) is 9.44. The van der Waals surface area contributed by atoms with Crippen LogP contribution in [-0.4, -0.2) is 45.5 Å². The van der Waals surface area contributed by atoms with E-state index in [2.05, 4.69) is 5.32 Å². The molecule has 0 fully saturated rings. The minimum atomic E-state index is -4.05. The number of rotatable bonds is 7. The van der Waals surface area contributed by atoms with E-state index in [9.17, 15) is 18.0 Å². The molecule has 0 radical (unpaired) electrons. The van der Waals surface area contributed by atoms with E-state index >= 15 is 0 Å². The second kappa shape index (κ2) is 9.23. The van der Waals surface area contributed by atoms with Crippen LogP contribution in [0.4, 0.5) is 5.00 Å². The third-order valence-corrected chi connectivity index (χ3v) is 7.44. The number of nitrogens with zero attached hydrogens (tertiary/aromatic N) is 1. The van der Waals surface area contributed by atoms with E-state index in [1.165, 1.54) is 37.6 Å². The minimum absolute atomic E-state index is 0.0518. The van der Waals surface area contributed by atoms with Gasteiger partial charge in [-0.05, 0) is 44.5 Å². The number of carbonyl (C=O) groups is 2. The van der Waals surface area contributed by atoms with E-state index < -0.39 is 21.9 Å². The molecule has 1 aromatic heterocycles. The van der Waals surface area contributed by atoms with Crippen molar-refractivity contribution in [3.8, 4) is 0 Å². The van der Waals surface area contributed by atoms with Crippen LogP contribution in [0.3, 0.4) is 0 Å². The summed E-state index contributed by atoms with van der Waals surface area (Å²) in [4.78, 5) is 30.3. The molecule has 0 unspecified atom stereocenters. The fourth-order valence-electron chi connectivity index (χ4n) is 2.42. The summed E-state index contributed by atoms with van der Waals surface area (Å²) in [5, 5.41) is 2.94. The molecule has 1 heterocycles. The van der Waals surface area contributed by atoms with Gasteiger partial charge in [-0.1, -0.05) is 16.1 Å². The largest absolute Gasteiger partial charge is 0.462 e. The van der Waals surface area contributed by atoms with Crippen LogP contribution in [0.15, 0.2) is 23.1 Å². The molecule has 0 aliphatic rings. The monoisotopic (exact) mass is 460 g/mol. The molecule has 11 heteroatoms. The lowest BCUT2D eigenvalue weighted by Gasteiger charge is -2.16. The van der Waals surface area contributed by atoms with Gasteiger partial charge in [0.2, 0.25) is 0 Å². The number of hydrogen-bond acceptors (Lipinski definition) is 7. The molecule has 1 N–H and O–H groups in total. The van der Waals surface area contributed by atoms with Gasteiger partial charge in [0.05, 0.1) is 24.3 Å². The normalized spacial score (nSPS) is 11.6. The van der Waals surface area contributed by atoms with E-state index in [0.717, 1.165) is 10.9 Å². The number of aryl methyl sites for hydroxylation is 1. The van der Waals surface area contributed by atoms with E-state index in [1.807, 2.05) is 6.92 Å². The Balaban J connectivity index is 2.42. The summed E-state index contributed by atoms with van der Waals surface area (Å²) in [5.41, 5.74) is 1.05. The number of hydrogen-bond donors (Lipinski definition) is 1. The Labute approximate surface area is 178 Å². The lowest BCUT2D eigenvalue weighted by Crippen LogP contribution is -2.26. The Morgan fingerprint density at radius 1 is 1.28 bits per heavy atom. The predicted molar refractivity (Wildman–Crippen MR) is 111 cm³/mol. The highest BCUT2D eigenvalue weighted by atomic mass is 35.5. The van der Waals surface area contributed by atoms with Crippen LogP contribution >= 0.6 is 22.9 Å². The van der Waals surface area contributed by atoms with Crippen LogP contribution in [0.2, 0.25) is 5.02 Å². The highest BCUT2D eigenvalue weighted by Gasteiger charge is 2.26. The zero-order chi connectivity index (χ0) is 21.9. The molecule has 8 nitrogen and oxygen atoms in total. The van der Waals surface area contributed by atoms with Crippen molar-refractivity contribution in [2.45, 2.75) is 25.7 Å². The van der Waals surface area contributed by atoms with Crippen molar-refractivity contribution in [1.82, 2.24) is 4.47 Å². The van der Waals surface area contributed by atoms with Crippen LogP contribution in [0, 0.1) is 13.8 Å². The predicted octanol–water partition coefficient (Wildman–Crippen LogP) is 3.63. The zero-order valence-electron chi connectivity index (χ0n) is 16.5. The van der Waals surface area contributed by atoms with Gasteiger partial charge in [-0.25, -0.2) is 13.2 Å². The number of halogens is 1. The molecule has 29 heavy (non-hydrogen) atoms. The number of benzene rings is 1. The number of thiophene rings is 1. The van der Waals surface area contributed by atoms with E-state index in [0.29, 0.717) is 15.0 Å². The fourth-order valence-corrected chi connectivity index (χ4v) is 4.94.